The number of nitrogens with two attached hydrogens (primary N) is 1. The first-order valence-corrected chi connectivity index (χ1v) is 5.57. The molecule has 2 aromatic carbocycles. The van der Waals surface area contributed by atoms with E-state index < -0.39 is 23.6 Å². The molecule has 0 aliphatic heterocycles. The molecule has 19 heavy (non-hydrogen) atoms. The van der Waals surface area contributed by atoms with Crippen molar-refractivity contribution in [3.8, 4) is 0 Å². The molecular formula is C14H11F4N. The zero-order valence-electron chi connectivity index (χ0n) is 9.79. The second-order valence-corrected chi connectivity index (χ2v) is 4.12. The Balaban J connectivity index is 2.31. The Kier molecular flexibility index (Phi) is 3.57. The number of alkyl halides is 3. The van der Waals surface area contributed by atoms with Crippen LogP contribution < -0.4 is 5.73 Å². The topological polar surface area (TPSA) is 26.0 Å². The smallest absolute Gasteiger partial charge is 0.320 e. The predicted octanol–water partition coefficient (Wildman–Crippen LogP) is 3.89. The zero-order valence-corrected chi connectivity index (χ0v) is 9.79. The second-order valence-electron chi connectivity index (χ2n) is 4.12. The number of rotatable bonds is 2. The maximum absolute atomic E-state index is 13.5. The summed E-state index contributed by atoms with van der Waals surface area (Å²) in [6.07, 6.45) is -4.39. The van der Waals surface area contributed by atoms with E-state index in [1.54, 1.807) is 6.07 Å². The van der Waals surface area contributed by atoms with Gasteiger partial charge in [-0.2, -0.15) is 13.2 Å². The largest absolute Gasteiger partial charge is 0.416 e. The lowest BCUT2D eigenvalue weighted by Gasteiger charge is -2.14. The van der Waals surface area contributed by atoms with Crippen LogP contribution in [0.3, 0.4) is 0 Å². The van der Waals surface area contributed by atoms with Crippen LogP contribution in [0.2, 0.25) is 0 Å². The van der Waals surface area contributed by atoms with E-state index in [-0.39, 0.29) is 5.56 Å². The van der Waals surface area contributed by atoms with E-state index in [2.05, 4.69) is 0 Å². The summed E-state index contributed by atoms with van der Waals surface area (Å²) in [5.74, 6) is -0.477. The van der Waals surface area contributed by atoms with Crippen LogP contribution in [0.25, 0.3) is 0 Å². The van der Waals surface area contributed by atoms with Gasteiger partial charge in [-0.3, -0.25) is 0 Å². The monoisotopic (exact) mass is 269 g/mol. The maximum atomic E-state index is 13.5. The van der Waals surface area contributed by atoms with Crippen molar-refractivity contribution in [1.82, 2.24) is 0 Å². The molecule has 0 aromatic heterocycles. The summed E-state index contributed by atoms with van der Waals surface area (Å²) in [7, 11) is 0. The van der Waals surface area contributed by atoms with Crippen LogP contribution in [0.1, 0.15) is 22.7 Å². The molecule has 0 heterocycles. The van der Waals surface area contributed by atoms with Crippen molar-refractivity contribution in [1.29, 1.82) is 0 Å². The van der Waals surface area contributed by atoms with Crippen molar-refractivity contribution in [2.45, 2.75) is 12.2 Å². The van der Waals surface area contributed by atoms with Gasteiger partial charge in [-0.1, -0.05) is 30.3 Å². The van der Waals surface area contributed by atoms with Gasteiger partial charge in [0.1, 0.15) is 5.82 Å². The predicted molar refractivity (Wildman–Crippen MR) is 63.9 cm³/mol. The molecule has 0 aliphatic rings. The minimum atomic E-state index is -4.39. The minimum Gasteiger partial charge on any atom is -0.320 e. The van der Waals surface area contributed by atoms with Crippen LogP contribution in [-0.4, -0.2) is 0 Å². The molecule has 0 saturated carbocycles. The highest BCUT2D eigenvalue weighted by molar-refractivity contribution is 5.34. The number of halogens is 4. The third kappa shape index (κ3) is 2.93. The summed E-state index contributed by atoms with van der Waals surface area (Å²) in [6, 6.07) is 9.55. The van der Waals surface area contributed by atoms with Gasteiger partial charge in [0.25, 0.3) is 0 Å². The van der Waals surface area contributed by atoms with Crippen LogP contribution >= 0.6 is 0 Å². The highest BCUT2D eigenvalue weighted by Crippen LogP contribution is 2.30. The van der Waals surface area contributed by atoms with Gasteiger partial charge in [-0.15, -0.1) is 0 Å². The summed E-state index contributed by atoms with van der Waals surface area (Å²) in [5.41, 5.74) is 5.78. The highest BCUT2D eigenvalue weighted by Gasteiger charge is 2.30. The van der Waals surface area contributed by atoms with Crippen LogP contribution in [0, 0.1) is 5.82 Å². The molecule has 0 saturated heterocycles. The average Bonchev–Trinajstić information content (AvgIpc) is 2.38. The van der Waals surface area contributed by atoms with Gasteiger partial charge in [0, 0.05) is 5.56 Å². The quantitative estimate of drug-likeness (QED) is 0.822. The molecule has 2 aromatic rings. The SMILES string of the molecule is NC(c1ccc(C(F)(F)F)cc1)c1ccccc1F. The lowest BCUT2D eigenvalue weighted by Crippen LogP contribution is -2.14. The fraction of sp³-hybridized carbons (Fsp3) is 0.143. The van der Waals surface area contributed by atoms with Gasteiger partial charge >= 0.3 is 6.18 Å². The van der Waals surface area contributed by atoms with Crippen molar-refractivity contribution in [3.63, 3.8) is 0 Å². The second kappa shape index (κ2) is 5.01. The van der Waals surface area contributed by atoms with Crippen LogP contribution in [0.4, 0.5) is 17.6 Å². The molecule has 0 fully saturated rings. The van der Waals surface area contributed by atoms with Crippen molar-refractivity contribution < 1.29 is 17.6 Å². The highest BCUT2D eigenvalue weighted by atomic mass is 19.4. The summed E-state index contributed by atoms with van der Waals surface area (Å²) < 4.78 is 50.8. The van der Waals surface area contributed by atoms with Crippen LogP contribution in [0.15, 0.2) is 48.5 Å². The molecule has 1 atom stereocenters. The molecule has 5 heteroatoms. The van der Waals surface area contributed by atoms with E-state index in [4.69, 9.17) is 5.73 Å². The van der Waals surface area contributed by atoms with E-state index >= 15 is 0 Å². The molecule has 1 nitrogen and oxygen atoms in total. The van der Waals surface area contributed by atoms with Gasteiger partial charge in [-0.05, 0) is 23.8 Å². The first-order valence-electron chi connectivity index (χ1n) is 5.57. The van der Waals surface area contributed by atoms with Gasteiger partial charge in [0.2, 0.25) is 0 Å². The first-order chi connectivity index (χ1) is 8.89. The van der Waals surface area contributed by atoms with Gasteiger partial charge in [0.15, 0.2) is 0 Å². The van der Waals surface area contributed by atoms with E-state index in [0.717, 1.165) is 12.1 Å². The zero-order chi connectivity index (χ0) is 14.0. The summed E-state index contributed by atoms with van der Waals surface area (Å²) in [4.78, 5) is 0. The van der Waals surface area contributed by atoms with Gasteiger partial charge < -0.3 is 5.73 Å². The lowest BCUT2D eigenvalue weighted by molar-refractivity contribution is -0.137. The Labute approximate surface area is 107 Å². The standard InChI is InChI=1S/C14H11F4N/c15-12-4-2-1-3-11(12)13(19)9-5-7-10(8-6-9)14(16,17)18/h1-8,13H,19H2. The van der Waals surface area contributed by atoms with Crippen molar-refractivity contribution in [2.75, 3.05) is 0 Å². The van der Waals surface area contributed by atoms with Crippen LogP contribution in [0.5, 0.6) is 0 Å². The Bertz CT molecular complexity index is 560. The van der Waals surface area contributed by atoms with Crippen LogP contribution in [-0.2, 0) is 6.18 Å². The van der Waals surface area contributed by atoms with Gasteiger partial charge in [0.05, 0.1) is 11.6 Å². The molecule has 2 rings (SSSR count). The van der Waals surface area contributed by atoms with E-state index in [0.29, 0.717) is 5.56 Å². The average molecular weight is 269 g/mol. The fourth-order valence-corrected chi connectivity index (χ4v) is 1.79. The molecule has 0 amide bonds. The molecule has 1 unspecified atom stereocenters. The third-order valence-electron chi connectivity index (χ3n) is 2.84. The van der Waals surface area contributed by atoms with Crippen molar-refractivity contribution in [3.05, 3.63) is 71.0 Å². The fourth-order valence-electron chi connectivity index (χ4n) is 1.79. The molecule has 0 spiro atoms. The van der Waals surface area contributed by atoms with Gasteiger partial charge in [-0.25, -0.2) is 4.39 Å². The van der Waals surface area contributed by atoms with Crippen molar-refractivity contribution >= 4 is 0 Å². The Morgan fingerprint density at radius 3 is 2.00 bits per heavy atom. The number of benzene rings is 2. The molecule has 100 valence electrons. The third-order valence-corrected chi connectivity index (χ3v) is 2.84. The van der Waals surface area contributed by atoms with Crippen molar-refractivity contribution in [2.24, 2.45) is 5.73 Å². The van der Waals surface area contributed by atoms with E-state index in [1.807, 2.05) is 0 Å². The number of hydrogen-bond donors (Lipinski definition) is 1. The molecule has 0 aliphatic carbocycles. The molecule has 2 N–H and O–H groups in total. The summed E-state index contributed by atoms with van der Waals surface area (Å²) in [5, 5.41) is 0. The Morgan fingerprint density at radius 2 is 1.47 bits per heavy atom. The Morgan fingerprint density at radius 1 is 0.895 bits per heavy atom. The summed E-state index contributed by atoms with van der Waals surface area (Å²) in [6.45, 7) is 0. The molecule has 0 bridgehead atoms. The summed E-state index contributed by atoms with van der Waals surface area (Å²) >= 11 is 0. The molecule has 0 radical (unpaired) electrons. The molecular weight excluding hydrogens is 258 g/mol. The normalized spacial score (nSPS) is 13.3. The first kappa shape index (κ1) is 13.5. The lowest BCUT2D eigenvalue weighted by atomic mass is 9.98. The van der Waals surface area contributed by atoms with E-state index in [9.17, 15) is 17.6 Å². The Hall–Kier alpha value is -1.88. The number of hydrogen-bond acceptors (Lipinski definition) is 1. The van der Waals surface area contributed by atoms with E-state index in [1.165, 1.54) is 30.3 Å². The minimum absolute atomic E-state index is 0.252. The maximum Gasteiger partial charge on any atom is 0.416 e.